The van der Waals surface area contributed by atoms with Gasteiger partial charge in [0.15, 0.2) is 0 Å². The van der Waals surface area contributed by atoms with Crippen molar-refractivity contribution in [3.63, 3.8) is 0 Å². The maximum Gasteiger partial charge on any atom is -1.00 e. The molecule has 0 aliphatic carbocycles. The van der Waals surface area contributed by atoms with E-state index >= 15 is 0 Å². The summed E-state index contributed by atoms with van der Waals surface area (Å²) in [5, 5.41) is 2.97. The Labute approximate surface area is 169 Å². The molecule has 0 spiro atoms. The first kappa shape index (κ1) is 25.5. The van der Waals surface area contributed by atoms with Gasteiger partial charge in [-0.3, -0.25) is 0 Å². The van der Waals surface area contributed by atoms with Crippen molar-refractivity contribution in [2.24, 2.45) is 33.5 Å². The standard InChI is InChI=1S/2C12H25.Al.H/c2*1-10(2)8-12(6,7)9-11(3,4)5;;/h2*10H,1,8-9H2,2-7H3;;/q;;+1;-1. The van der Waals surface area contributed by atoms with E-state index in [0.29, 0.717) is 36.9 Å². The molecule has 0 amide bonds. The zero-order valence-electron chi connectivity index (χ0n) is 21.0. The Bertz CT molecular complexity index is 335. The van der Waals surface area contributed by atoms with Gasteiger partial charge < -0.3 is 1.43 Å². The Morgan fingerprint density at radius 3 is 1.12 bits per heavy atom. The predicted octanol–water partition coefficient (Wildman–Crippen LogP) is 8.62. The molecular formula is C24H51Al. The number of hydrogen-bond donors (Lipinski definition) is 0. The van der Waals surface area contributed by atoms with Crippen LogP contribution in [0.1, 0.15) is 110 Å². The maximum atomic E-state index is 2.49. The molecule has 0 bridgehead atoms. The van der Waals surface area contributed by atoms with Crippen LogP contribution in [0.4, 0.5) is 0 Å². The maximum absolute atomic E-state index is 2.49. The fraction of sp³-hybridized carbons (Fsp3) is 1.00. The molecule has 0 aliphatic heterocycles. The Hall–Kier alpha value is 0.532. The van der Waals surface area contributed by atoms with Gasteiger partial charge >= 0.3 is 168 Å². The molecule has 0 nitrogen and oxygen atoms in total. The molecule has 2 unspecified atom stereocenters. The fourth-order valence-corrected chi connectivity index (χ4v) is 7.40. The van der Waals surface area contributed by atoms with E-state index in [0.717, 1.165) is 11.8 Å². The smallest absolute Gasteiger partial charge is 1.00 e. The molecule has 0 aliphatic rings. The van der Waals surface area contributed by atoms with Gasteiger partial charge in [-0.25, -0.2) is 0 Å². The first-order valence-corrected chi connectivity index (χ1v) is 12.4. The van der Waals surface area contributed by atoms with Gasteiger partial charge in [-0.1, -0.05) is 0 Å². The van der Waals surface area contributed by atoms with Gasteiger partial charge in [0.05, 0.1) is 0 Å². The van der Waals surface area contributed by atoms with Crippen molar-refractivity contribution >= 4 is 15.2 Å². The molecule has 0 heterocycles. The molecule has 0 rings (SSSR count). The summed E-state index contributed by atoms with van der Waals surface area (Å²) in [6, 6.07) is 0. The van der Waals surface area contributed by atoms with Gasteiger partial charge in [-0.2, -0.15) is 0 Å². The van der Waals surface area contributed by atoms with Crippen LogP contribution >= 0.6 is 0 Å². The van der Waals surface area contributed by atoms with Crippen LogP contribution in [-0.4, -0.2) is 15.2 Å². The van der Waals surface area contributed by atoms with Gasteiger partial charge in [0.25, 0.3) is 0 Å². The van der Waals surface area contributed by atoms with E-state index in [1.807, 2.05) is 0 Å². The minimum Gasteiger partial charge on any atom is -1.00 e. The molecule has 2 atom stereocenters. The van der Waals surface area contributed by atoms with Crippen molar-refractivity contribution in [2.45, 2.75) is 119 Å². The first-order valence-electron chi connectivity index (χ1n) is 10.7. The van der Waals surface area contributed by atoms with Crippen LogP contribution in [0, 0.1) is 33.5 Å². The molecule has 0 fully saturated rings. The monoisotopic (exact) mass is 366 g/mol. The molecule has 0 saturated heterocycles. The van der Waals surface area contributed by atoms with Gasteiger partial charge in [0.2, 0.25) is 0 Å². The molecule has 1 heteroatoms. The summed E-state index contributed by atoms with van der Waals surface area (Å²) in [4.78, 5) is 0. The third kappa shape index (κ3) is 15.3. The Kier molecular flexibility index (Phi) is 9.85. The zero-order chi connectivity index (χ0) is 20.1. The SMILES string of the molecule is CC([CH2][Al+][CH2]C(C)CC(C)(C)CC(C)(C)C)CC(C)(C)CC(C)(C)C.[H-]. The summed E-state index contributed by atoms with van der Waals surface area (Å²) in [6.45, 7) is 29.2. The molecule has 150 valence electrons. The van der Waals surface area contributed by atoms with E-state index in [-0.39, 0.29) is 1.43 Å². The van der Waals surface area contributed by atoms with E-state index in [1.54, 1.807) is 0 Å². The van der Waals surface area contributed by atoms with Crippen LogP contribution in [-0.2, 0) is 0 Å². The average Bonchev–Trinajstić information content (AvgIpc) is 2.18. The summed E-state index contributed by atoms with van der Waals surface area (Å²) in [7, 11) is 0. The summed E-state index contributed by atoms with van der Waals surface area (Å²) >= 11 is 0.618. The predicted molar refractivity (Wildman–Crippen MR) is 120 cm³/mol. The van der Waals surface area contributed by atoms with E-state index < -0.39 is 0 Å². The summed E-state index contributed by atoms with van der Waals surface area (Å²) in [5.74, 6) is 1.78. The van der Waals surface area contributed by atoms with Crippen LogP contribution in [0.5, 0.6) is 0 Å². The number of hydrogen-bond acceptors (Lipinski definition) is 0. The van der Waals surface area contributed by atoms with Crippen molar-refractivity contribution in [3.05, 3.63) is 0 Å². The molecule has 0 aromatic rings. The van der Waals surface area contributed by atoms with E-state index in [2.05, 4.69) is 83.1 Å². The van der Waals surface area contributed by atoms with E-state index in [1.165, 1.54) is 36.2 Å². The van der Waals surface area contributed by atoms with Crippen molar-refractivity contribution in [1.82, 2.24) is 0 Å². The minimum absolute atomic E-state index is 0. The normalized spacial score (nSPS) is 16.5. The minimum atomic E-state index is 0. The molecule has 0 saturated carbocycles. The third-order valence-electron chi connectivity index (χ3n) is 4.96. The van der Waals surface area contributed by atoms with Crippen molar-refractivity contribution in [2.75, 3.05) is 0 Å². The summed E-state index contributed by atoms with van der Waals surface area (Å²) in [5.41, 5.74) is 1.86. The van der Waals surface area contributed by atoms with Crippen LogP contribution in [0.15, 0.2) is 0 Å². The second-order valence-corrected chi connectivity index (χ2v) is 14.7. The van der Waals surface area contributed by atoms with Crippen LogP contribution < -0.4 is 0 Å². The molecular weight excluding hydrogens is 315 g/mol. The Morgan fingerprint density at radius 1 is 0.600 bits per heavy atom. The van der Waals surface area contributed by atoms with Crippen LogP contribution in [0.3, 0.4) is 0 Å². The van der Waals surface area contributed by atoms with Gasteiger partial charge in [-0.15, -0.1) is 0 Å². The van der Waals surface area contributed by atoms with Crippen molar-refractivity contribution in [1.29, 1.82) is 0 Å². The first-order chi connectivity index (χ1) is 10.9. The second-order valence-electron chi connectivity index (χ2n) is 13.2. The summed E-state index contributed by atoms with van der Waals surface area (Å²) < 4.78 is 0. The molecule has 0 aromatic heterocycles. The quantitative estimate of drug-likeness (QED) is 0.339. The van der Waals surface area contributed by atoms with Crippen molar-refractivity contribution in [3.8, 4) is 0 Å². The largest absolute Gasteiger partial charge is 1.00 e. The van der Waals surface area contributed by atoms with Crippen LogP contribution in [0.2, 0.25) is 10.6 Å². The van der Waals surface area contributed by atoms with E-state index in [9.17, 15) is 0 Å². The second kappa shape index (κ2) is 9.64. The molecule has 25 heavy (non-hydrogen) atoms. The average molecular weight is 367 g/mol. The number of rotatable bonds is 10. The van der Waals surface area contributed by atoms with E-state index in [4.69, 9.17) is 0 Å². The third-order valence-corrected chi connectivity index (χ3v) is 7.23. The van der Waals surface area contributed by atoms with Gasteiger partial charge in [-0.05, 0) is 0 Å². The van der Waals surface area contributed by atoms with Gasteiger partial charge in [0, 0.05) is 0 Å². The fourth-order valence-electron chi connectivity index (χ4n) is 5.73. The molecule has 0 aromatic carbocycles. The zero-order valence-corrected chi connectivity index (χ0v) is 21.1. The summed E-state index contributed by atoms with van der Waals surface area (Å²) in [6.07, 6.45) is 5.44. The van der Waals surface area contributed by atoms with Crippen LogP contribution in [0.25, 0.3) is 0 Å². The molecule has 0 radical (unpaired) electrons. The van der Waals surface area contributed by atoms with Gasteiger partial charge in [0.1, 0.15) is 0 Å². The Balaban J connectivity index is 0. The molecule has 0 N–H and O–H groups in total. The van der Waals surface area contributed by atoms with Crippen molar-refractivity contribution < 1.29 is 1.43 Å². The topological polar surface area (TPSA) is 0 Å². The Morgan fingerprint density at radius 2 is 0.880 bits per heavy atom.